The molecule has 212 valence electrons. The number of nitrogens with one attached hydrogen (secondary N) is 1. The van der Waals surface area contributed by atoms with Crippen LogP contribution in [0, 0.1) is 22.9 Å². The Morgan fingerprint density at radius 1 is 1.07 bits per heavy atom. The highest BCUT2D eigenvalue weighted by molar-refractivity contribution is 7.92. The smallest absolute Gasteiger partial charge is 0.273 e. The third-order valence-corrected chi connectivity index (χ3v) is 8.05. The van der Waals surface area contributed by atoms with Crippen molar-refractivity contribution >= 4 is 33.2 Å². The van der Waals surface area contributed by atoms with E-state index in [0.717, 1.165) is 10.4 Å². The molecule has 2 amide bonds. The third kappa shape index (κ3) is 6.72. The van der Waals surface area contributed by atoms with Gasteiger partial charge in [-0.1, -0.05) is 18.2 Å². The molecule has 0 bridgehead atoms. The van der Waals surface area contributed by atoms with Gasteiger partial charge in [-0.25, -0.2) is 12.8 Å². The van der Waals surface area contributed by atoms with Crippen LogP contribution in [-0.4, -0.2) is 56.8 Å². The molecule has 3 aromatic carbocycles. The number of hydrogen-bond acceptors (Lipinski definition) is 7. The van der Waals surface area contributed by atoms with Crippen LogP contribution >= 0.6 is 0 Å². The second-order valence-corrected chi connectivity index (χ2v) is 10.7. The van der Waals surface area contributed by atoms with Crippen molar-refractivity contribution in [3.63, 3.8) is 0 Å². The van der Waals surface area contributed by atoms with Crippen molar-refractivity contribution in [3.05, 3.63) is 93.8 Å². The van der Waals surface area contributed by atoms with E-state index < -0.39 is 55.7 Å². The number of nitro benzene ring substituents is 1. The molecule has 0 heterocycles. The van der Waals surface area contributed by atoms with Gasteiger partial charge in [0.15, 0.2) is 0 Å². The number of anilines is 1. The second-order valence-electron chi connectivity index (χ2n) is 8.85. The lowest BCUT2D eigenvalue weighted by molar-refractivity contribution is -0.385. The zero-order valence-electron chi connectivity index (χ0n) is 22.3. The largest absolute Gasteiger partial charge is 0.497 e. The maximum atomic E-state index is 13.9. The van der Waals surface area contributed by atoms with Crippen LogP contribution in [0.2, 0.25) is 0 Å². The molecule has 3 rings (SSSR count). The molecule has 3 aromatic rings. The summed E-state index contributed by atoms with van der Waals surface area (Å²) in [5.74, 6) is -1.28. The van der Waals surface area contributed by atoms with Crippen molar-refractivity contribution < 1.29 is 32.1 Å². The topological polar surface area (TPSA) is 139 Å². The number of aryl methyl sites for hydroxylation is 1. The third-order valence-electron chi connectivity index (χ3n) is 6.28. The van der Waals surface area contributed by atoms with Gasteiger partial charge in [0, 0.05) is 25.2 Å². The van der Waals surface area contributed by atoms with Crippen molar-refractivity contribution in [1.29, 1.82) is 0 Å². The van der Waals surface area contributed by atoms with Gasteiger partial charge >= 0.3 is 0 Å². The molecule has 0 aliphatic heterocycles. The lowest BCUT2D eigenvalue weighted by Crippen LogP contribution is -2.50. The second kappa shape index (κ2) is 12.6. The summed E-state index contributed by atoms with van der Waals surface area (Å²) >= 11 is 0. The molecule has 0 saturated heterocycles. The molecule has 40 heavy (non-hydrogen) atoms. The highest BCUT2D eigenvalue weighted by Crippen LogP contribution is 2.29. The normalized spacial score (nSPS) is 11.8. The maximum absolute atomic E-state index is 13.9. The van der Waals surface area contributed by atoms with Crippen molar-refractivity contribution in [1.82, 2.24) is 10.2 Å². The lowest BCUT2D eigenvalue weighted by atomic mass is 10.1. The van der Waals surface area contributed by atoms with Gasteiger partial charge in [-0.05, 0) is 61.9 Å². The Labute approximate surface area is 231 Å². The number of hydrogen-bond donors (Lipinski definition) is 1. The first kappa shape index (κ1) is 30.0. The maximum Gasteiger partial charge on any atom is 0.273 e. The standard InChI is InChI=1S/C27H29FN4O7S/c1-18-5-14-24(15-25(18)32(35)36)40(37,38)31(22-10-12-23(39-4)13-11-22)17-26(33)30(19(2)27(34)29-3)16-20-6-8-21(28)9-7-20/h5-15,19H,16-17H2,1-4H3,(H,29,34). The Hall–Kier alpha value is -4.52. The summed E-state index contributed by atoms with van der Waals surface area (Å²) in [5, 5.41) is 14.0. The van der Waals surface area contributed by atoms with E-state index in [1.807, 2.05) is 0 Å². The van der Waals surface area contributed by atoms with Crippen LogP contribution in [0.4, 0.5) is 15.8 Å². The van der Waals surface area contributed by atoms with Gasteiger partial charge in [0.25, 0.3) is 15.7 Å². The van der Waals surface area contributed by atoms with Gasteiger partial charge in [-0.3, -0.25) is 24.0 Å². The summed E-state index contributed by atoms with van der Waals surface area (Å²) < 4.78 is 47.2. The highest BCUT2D eigenvalue weighted by Gasteiger charge is 2.33. The minimum atomic E-state index is -4.51. The highest BCUT2D eigenvalue weighted by atomic mass is 32.2. The molecule has 1 N–H and O–H groups in total. The fourth-order valence-electron chi connectivity index (χ4n) is 3.93. The number of rotatable bonds is 11. The summed E-state index contributed by atoms with van der Waals surface area (Å²) in [6.07, 6.45) is 0. The number of halogens is 1. The minimum absolute atomic E-state index is 0.0895. The predicted octanol–water partition coefficient (Wildman–Crippen LogP) is 3.41. The number of nitrogens with zero attached hydrogens (tertiary/aromatic N) is 3. The quantitative estimate of drug-likeness (QED) is 0.274. The fourth-order valence-corrected chi connectivity index (χ4v) is 5.36. The zero-order chi connectivity index (χ0) is 29.6. The first-order valence-electron chi connectivity index (χ1n) is 12.1. The summed E-state index contributed by atoms with van der Waals surface area (Å²) in [6.45, 7) is 2.11. The summed E-state index contributed by atoms with van der Waals surface area (Å²) in [4.78, 5) is 37.8. The molecular weight excluding hydrogens is 543 g/mol. The minimum Gasteiger partial charge on any atom is -0.497 e. The monoisotopic (exact) mass is 572 g/mol. The van der Waals surface area contributed by atoms with Gasteiger partial charge < -0.3 is 15.0 Å². The van der Waals surface area contributed by atoms with Crippen LogP contribution < -0.4 is 14.4 Å². The van der Waals surface area contributed by atoms with Crippen molar-refractivity contribution in [2.45, 2.75) is 31.3 Å². The Bertz CT molecular complexity index is 1500. The molecule has 11 nitrogen and oxygen atoms in total. The number of likely N-dealkylation sites (N-methyl/N-ethyl adjacent to an activating group) is 1. The predicted molar refractivity (Wildman–Crippen MR) is 146 cm³/mol. The van der Waals surface area contributed by atoms with Crippen LogP contribution in [0.15, 0.2) is 71.6 Å². The van der Waals surface area contributed by atoms with Gasteiger partial charge in [0.2, 0.25) is 11.8 Å². The molecule has 0 aliphatic carbocycles. The number of amides is 2. The Kier molecular flexibility index (Phi) is 9.43. The molecule has 1 unspecified atom stereocenters. The summed E-state index contributed by atoms with van der Waals surface area (Å²) in [5.41, 5.74) is 0.472. The molecule has 1 atom stereocenters. The molecule has 0 fully saturated rings. The SMILES string of the molecule is CNC(=O)C(C)N(Cc1ccc(F)cc1)C(=O)CN(c1ccc(OC)cc1)S(=O)(=O)c1ccc(C)c([N+](=O)[O-])c1. The number of sulfonamides is 1. The van der Waals surface area contributed by atoms with E-state index in [1.165, 1.54) is 93.6 Å². The first-order chi connectivity index (χ1) is 18.9. The lowest BCUT2D eigenvalue weighted by Gasteiger charge is -2.31. The van der Waals surface area contributed by atoms with Gasteiger partial charge in [-0.2, -0.15) is 0 Å². The molecule has 0 aromatic heterocycles. The first-order valence-corrected chi connectivity index (χ1v) is 13.5. The van der Waals surface area contributed by atoms with Crippen molar-refractivity contribution in [2.75, 3.05) is 25.0 Å². The summed E-state index contributed by atoms with van der Waals surface area (Å²) in [7, 11) is -1.68. The number of carbonyl (C=O) groups excluding carboxylic acids is 2. The Morgan fingerprint density at radius 2 is 1.70 bits per heavy atom. The average molecular weight is 573 g/mol. The van der Waals surface area contributed by atoms with Crippen LogP contribution in [0.3, 0.4) is 0 Å². The summed E-state index contributed by atoms with van der Waals surface area (Å²) in [6, 6.07) is 13.7. The van der Waals surface area contributed by atoms with Crippen LogP contribution in [0.1, 0.15) is 18.1 Å². The number of benzene rings is 3. The van der Waals surface area contributed by atoms with E-state index in [1.54, 1.807) is 0 Å². The molecular formula is C27H29FN4O7S. The zero-order valence-corrected chi connectivity index (χ0v) is 23.1. The molecule has 13 heteroatoms. The molecule has 0 saturated carbocycles. The van der Waals surface area contributed by atoms with Gasteiger partial charge in [0.1, 0.15) is 24.2 Å². The molecule has 0 radical (unpaired) electrons. The van der Waals surface area contributed by atoms with E-state index in [4.69, 9.17) is 4.74 Å². The van der Waals surface area contributed by atoms with Crippen LogP contribution in [-0.2, 0) is 26.2 Å². The number of ether oxygens (including phenoxy) is 1. The number of nitro groups is 1. The van der Waals surface area contributed by atoms with Crippen molar-refractivity contribution in [3.8, 4) is 5.75 Å². The van der Waals surface area contributed by atoms with Gasteiger partial charge in [0.05, 0.1) is 22.6 Å². The van der Waals surface area contributed by atoms with E-state index in [9.17, 15) is 32.5 Å². The fraction of sp³-hybridized carbons (Fsp3) is 0.259. The van der Waals surface area contributed by atoms with E-state index in [0.29, 0.717) is 11.3 Å². The number of methoxy groups -OCH3 is 1. The van der Waals surface area contributed by atoms with Crippen LogP contribution in [0.5, 0.6) is 5.75 Å². The Balaban J connectivity index is 2.09. The van der Waals surface area contributed by atoms with Gasteiger partial charge in [-0.15, -0.1) is 0 Å². The van der Waals surface area contributed by atoms with Crippen LogP contribution in [0.25, 0.3) is 0 Å². The molecule has 0 aliphatic rings. The Morgan fingerprint density at radius 3 is 2.25 bits per heavy atom. The molecule has 0 spiro atoms. The van der Waals surface area contributed by atoms with E-state index in [2.05, 4.69) is 5.32 Å². The number of carbonyl (C=O) groups is 2. The van der Waals surface area contributed by atoms with Crippen molar-refractivity contribution in [2.24, 2.45) is 0 Å². The van der Waals surface area contributed by atoms with E-state index >= 15 is 0 Å². The average Bonchev–Trinajstić information content (AvgIpc) is 2.94. The van der Waals surface area contributed by atoms with E-state index in [-0.39, 0.29) is 17.8 Å².